The fourth-order valence-electron chi connectivity index (χ4n) is 1.65. The van der Waals surface area contributed by atoms with Crippen LogP contribution in [0.5, 0.6) is 5.75 Å². The van der Waals surface area contributed by atoms with Crippen molar-refractivity contribution < 1.29 is 9.90 Å². The van der Waals surface area contributed by atoms with E-state index in [4.69, 9.17) is 11.6 Å². The van der Waals surface area contributed by atoms with Gasteiger partial charge in [-0.3, -0.25) is 4.79 Å². The van der Waals surface area contributed by atoms with Gasteiger partial charge in [-0.25, -0.2) is 0 Å². The lowest BCUT2D eigenvalue weighted by molar-refractivity contribution is 0.102. The molecular weight excluding hydrogens is 330 g/mol. The van der Waals surface area contributed by atoms with E-state index in [1.807, 2.05) is 19.1 Å². The highest BCUT2D eigenvalue weighted by atomic mass is 79.9. The Morgan fingerprint density at radius 1 is 1.26 bits per heavy atom. The zero-order chi connectivity index (χ0) is 14.0. The number of hydrogen-bond acceptors (Lipinski definition) is 2. The number of hydrogen-bond donors (Lipinski definition) is 2. The van der Waals surface area contributed by atoms with E-state index in [1.54, 1.807) is 6.07 Å². The Bertz CT molecular complexity index is 643. The molecule has 0 unspecified atom stereocenters. The zero-order valence-corrected chi connectivity index (χ0v) is 12.4. The Morgan fingerprint density at radius 2 is 2.00 bits per heavy atom. The van der Waals surface area contributed by atoms with Crippen LogP contribution in [-0.4, -0.2) is 11.0 Å². The van der Waals surface area contributed by atoms with Crippen LogP contribution in [0.15, 0.2) is 40.9 Å². The lowest BCUT2D eigenvalue weighted by atomic mass is 10.1. The van der Waals surface area contributed by atoms with Crippen LogP contribution < -0.4 is 5.32 Å². The van der Waals surface area contributed by atoms with Crippen LogP contribution >= 0.6 is 27.5 Å². The number of rotatable bonds is 2. The predicted octanol–water partition coefficient (Wildman–Crippen LogP) is 4.37. The summed E-state index contributed by atoms with van der Waals surface area (Å²) in [5.41, 5.74) is 1.76. The SMILES string of the molecule is Cc1cc(Br)ccc1NC(=O)c1cc(Cl)ccc1O. The van der Waals surface area contributed by atoms with Crippen LogP contribution in [0.3, 0.4) is 0 Å². The van der Waals surface area contributed by atoms with Gasteiger partial charge in [-0.1, -0.05) is 27.5 Å². The summed E-state index contributed by atoms with van der Waals surface area (Å²) in [6.07, 6.45) is 0. The van der Waals surface area contributed by atoms with Gasteiger partial charge in [0.2, 0.25) is 0 Å². The Kier molecular flexibility index (Phi) is 4.12. The van der Waals surface area contributed by atoms with Gasteiger partial charge in [-0.05, 0) is 48.9 Å². The minimum Gasteiger partial charge on any atom is -0.507 e. The Hall–Kier alpha value is -1.52. The van der Waals surface area contributed by atoms with Gasteiger partial charge >= 0.3 is 0 Å². The van der Waals surface area contributed by atoms with Crippen LogP contribution in [0.2, 0.25) is 5.02 Å². The van der Waals surface area contributed by atoms with E-state index < -0.39 is 5.91 Å². The quantitative estimate of drug-likeness (QED) is 0.853. The second-order valence-corrected chi connectivity index (χ2v) is 5.43. The molecule has 2 aromatic rings. The molecule has 0 aliphatic heterocycles. The summed E-state index contributed by atoms with van der Waals surface area (Å²) in [5.74, 6) is -0.498. The number of benzene rings is 2. The third kappa shape index (κ3) is 3.28. The standard InChI is InChI=1S/C14H11BrClNO2/c1-8-6-9(15)2-4-12(8)17-14(19)11-7-10(16)3-5-13(11)18/h2-7,18H,1H3,(H,17,19). The Morgan fingerprint density at radius 3 is 2.68 bits per heavy atom. The number of carbonyl (C=O) groups excluding carboxylic acids is 1. The van der Waals surface area contributed by atoms with Crippen molar-refractivity contribution in [2.45, 2.75) is 6.92 Å². The zero-order valence-electron chi connectivity index (χ0n) is 10.1. The number of halogens is 2. The molecule has 0 spiro atoms. The van der Waals surface area contributed by atoms with E-state index in [-0.39, 0.29) is 11.3 Å². The lowest BCUT2D eigenvalue weighted by Gasteiger charge is -2.10. The summed E-state index contributed by atoms with van der Waals surface area (Å²) in [5, 5.41) is 12.8. The highest BCUT2D eigenvalue weighted by molar-refractivity contribution is 9.10. The van der Waals surface area contributed by atoms with Gasteiger partial charge in [0.25, 0.3) is 5.91 Å². The normalized spacial score (nSPS) is 10.3. The van der Waals surface area contributed by atoms with Crippen LogP contribution in [0.4, 0.5) is 5.69 Å². The molecule has 0 aromatic heterocycles. The maximum absolute atomic E-state index is 12.1. The van der Waals surface area contributed by atoms with Crippen molar-refractivity contribution in [2.75, 3.05) is 5.32 Å². The van der Waals surface area contributed by atoms with Crippen molar-refractivity contribution in [3.05, 3.63) is 57.0 Å². The number of amides is 1. The Labute approximate surface area is 124 Å². The molecule has 98 valence electrons. The number of phenols is 1. The molecular formula is C14H11BrClNO2. The molecule has 0 saturated heterocycles. The van der Waals surface area contributed by atoms with E-state index in [9.17, 15) is 9.90 Å². The minimum atomic E-state index is -0.398. The smallest absolute Gasteiger partial charge is 0.259 e. The summed E-state index contributed by atoms with van der Waals surface area (Å²) in [6, 6.07) is 9.87. The summed E-state index contributed by atoms with van der Waals surface area (Å²) < 4.78 is 0.939. The summed E-state index contributed by atoms with van der Waals surface area (Å²) in [7, 11) is 0. The van der Waals surface area contributed by atoms with Gasteiger partial charge in [0.15, 0.2) is 0 Å². The Balaban J connectivity index is 2.28. The fourth-order valence-corrected chi connectivity index (χ4v) is 2.29. The third-order valence-electron chi connectivity index (χ3n) is 2.64. The van der Waals surface area contributed by atoms with Crippen molar-refractivity contribution in [3.8, 4) is 5.75 Å². The molecule has 0 fully saturated rings. The highest BCUT2D eigenvalue weighted by Gasteiger charge is 2.12. The molecule has 0 radical (unpaired) electrons. The number of phenolic OH excluding ortho intramolecular Hbond substituents is 1. The maximum atomic E-state index is 12.1. The van der Waals surface area contributed by atoms with Gasteiger partial charge in [-0.2, -0.15) is 0 Å². The van der Waals surface area contributed by atoms with Gasteiger partial charge in [0.1, 0.15) is 5.75 Å². The lowest BCUT2D eigenvalue weighted by Crippen LogP contribution is -2.13. The van der Waals surface area contributed by atoms with E-state index >= 15 is 0 Å². The molecule has 0 aliphatic carbocycles. The first-order valence-corrected chi connectivity index (χ1v) is 6.70. The first-order valence-electron chi connectivity index (χ1n) is 5.53. The molecule has 2 aromatic carbocycles. The van der Waals surface area contributed by atoms with Crippen molar-refractivity contribution in [2.24, 2.45) is 0 Å². The van der Waals surface area contributed by atoms with Gasteiger partial charge in [0, 0.05) is 15.2 Å². The predicted molar refractivity (Wildman–Crippen MR) is 79.9 cm³/mol. The van der Waals surface area contributed by atoms with E-state index in [2.05, 4.69) is 21.2 Å². The van der Waals surface area contributed by atoms with Gasteiger partial charge in [-0.15, -0.1) is 0 Å². The van der Waals surface area contributed by atoms with Crippen molar-refractivity contribution in [3.63, 3.8) is 0 Å². The van der Waals surface area contributed by atoms with Gasteiger partial charge in [0.05, 0.1) is 5.56 Å². The maximum Gasteiger partial charge on any atom is 0.259 e. The van der Waals surface area contributed by atoms with Gasteiger partial charge < -0.3 is 10.4 Å². The number of nitrogens with one attached hydrogen (secondary N) is 1. The average molecular weight is 341 g/mol. The van der Waals surface area contributed by atoms with E-state index in [0.717, 1.165) is 10.0 Å². The minimum absolute atomic E-state index is 0.100. The number of aromatic hydroxyl groups is 1. The molecule has 5 heteroatoms. The molecule has 2 rings (SSSR count). The fraction of sp³-hybridized carbons (Fsp3) is 0.0714. The second kappa shape index (κ2) is 5.63. The van der Waals surface area contributed by atoms with Crippen molar-refractivity contribution in [1.82, 2.24) is 0 Å². The topological polar surface area (TPSA) is 49.3 Å². The first-order chi connectivity index (χ1) is 8.97. The monoisotopic (exact) mass is 339 g/mol. The molecule has 0 heterocycles. The molecule has 1 amide bonds. The molecule has 0 bridgehead atoms. The largest absolute Gasteiger partial charge is 0.507 e. The van der Waals surface area contributed by atoms with Crippen LogP contribution in [0.25, 0.3) is 0 Å². The molecule has 0 aliphatic rings. The summed E-state index contributed by atoms with van der Waals surface area (Å²) in [6.45, 7) is 1.89. The molecule has 19 heavy (non-hydrogen) atoms. The molecule has 0 atom stereocenters. The second-order valence-electron chi connectivity index (χ2n) is 4.07. The number of carbonyl (C=O) groups is 1. The molecule has 2 N–H and O–H groups in total. The summed E-state index contributed by atoms with van der Waals surface area (Å²) in [4.78, 5) is 12.1. The van der Waals surface area contributed by atoms with E-state index in [0.29, 0.717) is 10.7 Å². The number of aryl methyl sites for hydroxylation is 1. The van der Waals surface area contributed by atoms with Crippen molar-refractivity contribution in [1.29, 1.82) is 0 Å². The average Bonchev–Trinajstić information content (AvgIpc) is 2.35. The van der Waals surface area contributed by atoms with Crippen LogP contribution in [0, 0.1) is 6.92 Å². The van der Waals surface area contributed by atoms with Crippen molar-refractivity contribution >= 4 is 39.1 Å². The first kappa shape index (κ1) is 13.9. The molecule has 0 saturated carbocycles. The highest BCUT2D eigenvalue weighted by Crippen LogP contribution is 2.24. The van der Waals surface area contributed by atoms with Crippen LogP contribution in [-0.2, 0) is 0 Å². The van der Waals surface area contributed by atoms with E-state index in [1.165, 1.54) is 18.2 Å². The van der Waals surface area contributed by atoms with Crippen LogP contribution in [0.1, 0.15) is 15.9 Å². The molecule has 3 nitrogen and oxygen atoms in total. The third-order valence-corrected chi connectivity index (χ3v) is 3.37. The number of anilines is 1. The summed E-state index contributed by atoms with van der Waals surface area (Å²) >= 11 is 9.18.